The third-order valence-corrected chi connectivity index (χ3v) is 6.80. The van der Waals surface area contributed by atoms with Gasteiger partial charge >= 0.3 is 0 Å². The fourth-order valence-corrected chi connectivity index (χ4v) is 4.72. The molecule has 7 nitrogen and oxygen atoms in total. The van der Waals surface area contributed by atoms with Crippen LogP contribution in [0.15, 0.2) is 54.6 Å². The minimum absolute atomic E-state index is 0.0458. The Morgan fingerprint density at radius 1 is 1.06 bits per heavy atom. The van der Waals surface area contributed by atoms with Crippen LogP contribution in [-0.4, -0.2) is 40.7 Å². The van der Waals surface area contributed by atoms with E-state index in [9.17, 15) is 4.79 Å². The molecule has 0 bridgehead atoms. The quantitative estimate of drug-likeness (QED) is 0.399. The molecule has 1 saturated heterocycles. The summed E-state index contributed by atoms with van der Waals surface area (Å²) in [5.41, 5.74) is 5.39. The third kappa shape index (κ3) is 4.82. The number of carbonyl (C=O) groups is 1. The average molecular weight is 490 g/mol. The Hall–Kier alpha value is -3.58. The first kappa shape index (κ1) is 23.2. The van der Waals surface area contributed by atoms with Crippen LogP contribution in [0, 0.1) is 19.8 Å². The van der Waals surface area contributed by atoms with Crippen LogP contribution in [0.25, 0.3) is 16.9 Å². The first-order valence-electron chi connectivity index (χ1n) is 11.7. The van der Waals surface area contributed by atoms with Crippen LogP contribution in [0.3, 0.4) is 0 Å². The van der Waals surface area contributed by atoms with Crippen molar-refractivity contribution in [2.45, 2.75) is 26.7 Å². The molecule has 0 radical (unpaired) electrons. The monoisotopic (exact) mass is 489 g/mol. The van der Waals surface area contributed by atoms with Gasteiger partial charge in [-0.25, -0.2) is 4.98 Å². The number of aromatic nitrogens is 3. The Bertz CT molecular complexity index is 1370. The zero-order valence-electron chi connectivity index (χ0n) is 20.1. The van der Waals surface area contributed by atoms with Crippen molar-refractivity contribution in [2.24, 2.45) is 5.92 Å². The zero-order chi connectivity index (χ0) is 24.5. The number of nitrogens with zero attached hydrogens (tertiary/aromatic N) is 4. The van der Waals surface area contributed by atoms with Gasteiger partial charge in [-0.1, -0.05) is 17.7 Å². The third-order valence-electron chi connectivity index (χ3n) is 6.57. The Labute approximate surface area is 209 Å². The SMILES string of the molecule is COc1ccc(-c2cc3nc(C)cc(N4CCC(C(=O)Nc5cc(Cl)ccc5C)CC4)n3n2)cc1. The van der Waals surface area contributed by atoms with Gasteiger partial charge in [-0.05, 0) is 68.7 Å². The van der Waals surface area contributed by atoms with Gasteiger partial charge in [-0.3, -0.25) is 4.79 Å². The number of halogens is 1. The molecule has 8 heteroatoms. The largest absolute Gasteiger partial charge is 0.497 e. The predicted molar refractivity (Wildman–Crippen MR) is 139 cm³/mol. The molecule has 1 fully saturated rings. The molecule has 0 spiro atoms. The van der Waals surface area contributed by atoms with Crippen molar-refractivity contribution in [3.8, 4) is 17.0 Å². The van der Waals surface area contributed by atoms with Gasteiger partial charge in [-0.15, -0.1) is 0 Å². The van der Waals surface area contributed by atoms with Gasteiger partial charge in [0.1, 0.15) is 11.6 Å². The molecule has 4 aromatic rings. The molecule has 0 atom stereocenters. The standard InChI is InChI=1S/C27H28ClN5O2/c1-17-4-7-21(28)15-23(17)30-27(34)20-10-12-32(13-11-20)26-14-18(2)29-25-16-24(31-33(25)26)19-5-8-22(35-3)9-6-19/h4-9,14-16,20H,10-13H2,1-3H3,(H,30,34). The summed E-state index contributed by atoms with van der Waals surface area (Å²) in [5.74, 6) is 1.81. The van der Waals surface area contributed by atoms with Crippen LogP contribution in [0.4, 0.5) is 11.5 Å². The first-order chi connectivity index (χ1) is 16.9. The highest BCUT2D eigenvalue weighted by Crippen LogP contribution is 2.29. The van der Waals surface area contributed by atoms with Gasteiger partial charge in [0.2, 0.25) is 5.91 Å². The van der Waals surface area contributed by atoms with Crippen molar-refractivity contribution < 1.29 is 9.53 Å². The number of hydrogen-bond acceptors (Lipinski definition) is 5. The molecule has 3 heterocycles. The second-order valence-electron chi connectivity index (χ2n) is 8.99. The number of hydrogen-bond donors (Lipinski definition) is 1. The van der Waals surface area contributed by atoms with E-state index in [4.69, 9.17) is 26.4 Å². The Morgan fingerprint density at radius 2 is 1.80 bits per heavy atom. The van der Waals surface area contributed by atoms with Crippen molar-refractivity contribution in [3.05, 3.63) is 70.9 Å². The highest BCUT2D eigenvalue weighted by Gasteiger charge is 2.27. The van der Waals surface area contributed by atoms with Crippen LogP contribution in [0.5, 0.6) is 5.75 Å². The molecule has 35 heavy (non-hydrogen) atoms. The number of benzene rings is 2. The molecule has 5 rings (SSSR count). The van der Waals surface area contributed by atoms with E-state index < -0.39 is 0 Å². The summed E-state index contributed by atoms with van der Waals surface area (Å²) in [5, 5.41) is 8.54. The van der Waals surface area contributed by atoms with E-state index in [2.05, 4.69) is 16.3 Å². The summed E-state index contributed by atoms with van der Waals surface area (Å²) in [6.45, 7) is 5.50. The number of carbonyl (C=O) groups excluding carboxylic acids is 1. The molecule has 0 saturated carbocycles. The number of piperidine rings is 1. The van der Waals surface area contributed by atoms with Crippen molar-refractivity contribution in [2.75, 3.05) is 30.4 Å². The lowest BCUT2D eigenvalue weighted by Gasteiger charge is -2.33. The topological polar surface area (TPSA) is 71.8 Å². The number of nitrogens with one attached hydrogen (secondary N) is 1. The number of aryl methyl sites for hydroxylation is 2. The molecule has 0 unspecified atom stereocenters. The smallest absolute Gasteiger partial charge is 0.227 e. The normalized spacial score (nSPS) is 14.3. The van der Waals surface area contributed by atoms with E-state index in [0.29, 0.717) is 5.02 Å². The predicted octanol–water partition coefficient (Wildman–Crippen LogP) is 5.53. The molecular formula is C27H28ClN5O2. The lowest BCUT2D eigenvalue weighted by molar-refractivity contribution is -0.120. The van der Waals surface area contributed by atoms with Gasteiger partial charge in [-0.2, -0.15) is 9.61 Å². The maximum absolute atomic E-state index is 12.9. The number of rotatable bonds is 5. The molecule has 1 aliphatic heterocycles. The number of ether oxygens (including phenoxy) is 1. The van der Waals surface area contributed by atoms with E-state index in [0.717, 1.165) is 71.3 Å². The van der Waals surface area contributed by atoms with Crippen molar-refractivity contribution in [1.82, 2.24) is 14.6 Å². The minimum Gasteiger partial charge on any atom is -0.497 e. The molecule has 0 aliphatic carbocycles. The molecule has 1 N–H and O–H groups in total. The Morgan fingerprint density at radius 3 is 2.51 bits per heavy atom. The molecule has 2 aromatic carbocycles. The summed E-state index contributed by atoms with van der Waals surface area (Å²) in [6, 6.07) is 17.5. The van der Waals surface area contributed by atoms with Crippen molar-refractivity contribution in [3.63, 3.8) is 0 Å². The summed E-state index contributed by atoms with van der Waals surface area (Å²) in [4.78, 5) is 19.9. The van der Waals surface area contributed by atoms with Gasteiger partial charge in [0.05, 0.1) is 12.8 Å². The highest BCUT2D eigenvalue weighted by atomic mass is 35.5. The summed E-state index contributed by atoms with van der Waals surface area (Å²) >= 11 is 6.11. The number of fused-ring (bicyclic) bond motifs is 1. The number of methoxy groups -OCH3 is 1. The minimum atomic E-state index is -0.0458. The first-order valence-corrected chi connectivity index (χ1v) is 12.1. The summed E-state index contributed by atoms with van der Waals surface area (Å²) < 4.78 is 7.17. The maximum Gasteiger partial charge on any atom is 0.227 e. The Kier molecular flexibility index (Phi) is 6.34. The fraction of sp³-hybridized carbons (Fsp3) is 0.296. The molecule has 180 valence electrons. The molecule has 1 amide bonds. The molecular weight excluding hydrogens is 462 g/mol. The van der Waals surface area contributed by atoms with Crippen LogP contribution < -0.4 is 15.0 Å². The lowest BCUT2D eigenvalue weighted by atomic mass is 9.95. The zero-order valence-corrected chi connectivity index (χ0v) is 20.8. The lowest BCUT2D eigenvalue weighted by Crippen LogP contribution is -2.39. The fourth-order valence-electron chi connectivity index (χ4n) is 4.54. The second kappa shape index (κ2) is 9.58. The highest BCUT2D eigenvalue weighted by molar-refractivity contribution is 6.31. The molecule has 1 aliphatic rings. The van der Waals surface area contributed by atoms with Gasteiger partial charge in [0, 0.05) is 53.1 Å². The van der Waals surface area contributed by atoms with Gasteiger partial charge < -0.3 is 15.0 Å². The van der Waals surface area contributed by atoms with Crippen LogP contribution in [0.1, 0.15) is 24.1 Å². The van der Waals surface area contributed by atoms with E-state index in [1.807, 2.05) is 60.8 Å². The van der Waals surface area contributed by atoms with E-state index >= 15 is 0 Å². The van der Waals surface area contributed by atoms with E-state index in [1.54, 1.807) is 13.2 Å². The number of amides is 1. The number of anilines is 2. The van der Waals surface area contributed by atoms with Crippen LogP contribution >= 0.6 is 11.6 Å². The van der Waals surface area contributed by atoms with E-state index in [1.165, 1.54) is 0 Å². The van der Waals surface area contributed by atoms with Crippen molar-refractivity contribution >= 4 is 34.7 Å². The Balaban J connectivity index is 1.33. The van der Waals surface area contributed by atoms with Crippen LogP contribution in [-0.2, 0) is 4.79 Å². The van der Waals surface area contributed by atoms with E-state index in [-0.39, 0.29) is 11.8 Å². The summed E-state index contributed by atoms with van der Waals surface area (Å²) in [6.07, 6.45) is 1.53. The maximum atomic E-state index is 12.9. The van der Waals surface area contributed by atoms with Gasteiger partial charge in [0.15, 0.2) is 5.65 Å². The summed E-state index contributed by atoms with van der Waals surface area (Å²) in [7, 11) is 1.66. The van der Waals surface area contributed by atoms with Crippen molar-refractivity contribution in [1.29, 1.82) is 0 Å². The second-order valence-corrected chi connectivity index (χ2v) is 9.43. The van der Waals surface area contributed by atoms with Crippen LogP contribution in [0.2, 0.25) is 5.02 Å². The van der Waals surface area contributed by atoms with Gasteiger partial charge in [0.25, 0.3) is 0 Å². The molecule has 2 aromatic heterocycles. The average Bonchev–Trinajstić information content (AvgIpc) is 3.30.